The van der Waals surface area contributed by atoms with Crippen LogP contribution in [0.1, 0.15) is 12.8 Å². The molecule has 0 aliphatic heterocycles. The van der Waals surface area contributed by atoms with Gasteiger partial charge in [-0.15, -0.1) is 12.4 Å². The zero-order valence-electron chi connectivity index (χ0n) is 5.20. The first-order valence-electron chi connectivity index (χ1n) is 2.67. The number of halogens is 1. The quantitative estimate of drug-likeness (QED) is 0.612. The van der Waals surface area contributed by atoms with Crippen LogP contribution in [0.3, 0.4) is 0 Å². The van der Waals surface area contributed by atoms with Crippen LogP contribution in [-0.4, -0.2) is 29.2 Å². The van der Waals surface area contributed by atoms with Gasteiger partial charge in [-0.25, -0.2) is 4.79 Å². The number of amides is 1. The fourth-order valence-corrected chi connectivity index (χ4v) is 0.618. The highest BCUT2D eigenvalue weighted by atomic mass is 35.5. The van der Waals surface area contributed by atoms with Crippen molar-refractivity contribution in [2.75, 3.05) is 7.05 Å². The van der Waals surface area contributed by atoms with Crippen LogP contribution in [0.25, 0.3) is 0 Å². The van der Waals surface area contributed by atoms with Crippen molar-refractivity contribution in [2.24, 2.45) is 0 Å². The molecule has 1 amide bonds. The molecular formula is C5H10ClNO2. The predicted octanol–water partition coefficient (Wildman–Crippen LogP) is 1.18. The van der Waals surface area contributed by atoms with Crippen LogP contribution in [0.5, 0.6) is 0 Å². The average molecular weight is 152 g/mol. The maximum absolute atomic E-state index is 10.1. The molecule has 0 aromatic rings. The van der Waals surface area contributed by atoms with Crippen molar-refractivity contribution in [3.8, 4) is 0 Å². The Kier molecular flexibility index (Phi) is 2.77. The zero-order chi connectivity index (χ0) is 6.15. The fourth-order valence-electron chi connectivity index (χ4n) is 0.618. The SMILES string of the molecule is CN(C(=O)O)C1CC1.Cl. The molecule has 0 spiro atoms. The van der Waals surface area contributed by atoms with Gasteiger partial charge in [-0.05, 0) is 12.8 Å². The molecule has 0 aromatic carbocycles. The van der Waals surface area contributed by atoms with E-state index in [1.165, 1.54) is 4.90 Å². The van der Waals surface area contributed by atoms with Gasteiger partial charge in [0.1, 0.15) is 0 Å². The Bertz CT molecular complexity index is 114. The van der Waals surface area contributed by atoms with E-state index >= 15 is 0 Å². The summed E-state index contributed by atoms with van der Waals surface area (Å²) >= 11 is 0. The molecule has 1 saturated carbocycles. The summed E-state index contributed by atoms with van der Waals surface area (Å²) < 4.78 is 0. The van der Waals surface area contributed by atoms with E-state index < -0.39 is 6.09 Å². The van der Waals surface area contributed by atoms with E-state index in [9.17, 15) is 4.79 Å². The van der Waals surface area contributed by atoms with E-state index in [1.54, 1.807) is 7.05 Å². The molecule has 9 heavy (non-hydrogen) atoms. The van der Waals surface area contributed by atoms with Crippen molar-refractivity contribution < 1.29 is 9.90 Å². The second-order valence-electron chi connectivity index (χ2n) is 2.12. The Labute approximate surface area is 60.1 Å². The minimum absolute atomic E-state index is 0. The first-order valence-corrected chi connectivity index (χ1v) is 2.67. The molecular weight excluding hydrogens is 142 g/mol. The van der Waals surface area contributed by atoms with Crippen LogP contribution >= 0.6 is 12.4 Å². The molecule has 0 aromatic heterocycles. The van der Waals surface area contributed by atoms with E-state index in [0.29, 0.717) is 6.04 Å². The molecule has 1 rings (SSSR count). The van der Waals surface area contributed by atoms with Gasteiger partial charge in [0.25, 0.3) is 0 Å². The largest absolute Gasteiger partial charge is 0.465 e. The minimum Gasteiger partial charge on any atom is -0.465 e. The highest BCUT2D eigenvalue weighted by Crippen LogP contribution is 2.24. The fraction of sp³-hybridized carbons (Fsp3) is 0.800. The van der Waals surface area contributed by atoms with Crippen molar-refractivity contribution in [2.45, 2.75) is 18.9 Å². The summed E-state index contributed by atoms with van der Waals surface area (Å²) in [5.74, 6) is 0. The molecule has 0 radical (unpaired) electrons. The van der Waals surface area contributed by atoms with Gasteiger partial charge < -0.3 is 10.0 Å². The molecule has 54 valence electrons. The number of hydrogen-bond acceptors (Lipinski definition) is 1. The lowest BCUT2D eigenvalue weighted by Gasteiger charge is -2.09. The Morgan fingerprint density at radius 2 is 2.11 bits per heavy atom. The summed E-state index contributed by atoms with van der Waals surface area (Å²) in [6, 6.07) is 0.326. The van der Waals surface area contributed by atoms with Crippen molar-refractivity contribution in [1.29, 1.82) is 0 Å². The van der Waals surface area contributed by atoms with Gasteiger partial charge in [0.05, 0.1) is 0 Å². The Hall–Kier alpha value is -0.440. The molecule has 1 aliphatic carbocycles. The number of nitrogens with zero attached hydrogens (tertiary/aromatic N) is 1. The molecule has 3 nitrogen and oxygen atoms in total. The number of rotatable bonds is 1. The summed E-state index contributed by atoms with van der Waals surface area (Å²) in [4.78, 5) is 11.5. The van der Waals surface area contributed by atoms with Gasteiger partial charge in [-0.2, -0.15) is 0 Å². The second-order valence-corrected chi connectivity index (χ2v) is 2.12. The third-order valence-corrected chi connectivity index (χ3v) is 1.40. The van der Waals surface area contributed by atoms with Crippen molar-refractivity contribution in [3.05, 3.63) is 0 Å². The Morgan fingerprint density at radius 1 is 1.67 bits per heavy atom. The molecule has 0 saturated heterocycles. The van der Waals surface area contributed by atoms with Gasteiger partial charge in [-0.3, -0.25) is 0 Å². The molecule has 0 atom stereocenters. The number of hydrogen-bond donors (Lipinski definition) is 1. The number of carbonyl (C=O) groups is 1. The summed E-state index contributed by atoms with van der Waals surface area (Å²) in [5.41, 5.74) is 0. The van der Waals surface area contributed by atoms with Gasteiger partial charge in [0.2, 0.25) is 0 Å². The summed E-state index contributed by atoms with van der Waals surface area (Å²) in [6.07, 6.45) is 1.28. The summed E-state index contributed by atoms with van der Waals surface area (Å²) in [6.45, 7) is 0. The molecule has 0 heterocycles. The van der Waals surface area contributed by atoms with Crippen LogP contribution in [0.15, 0.2) is 0 Å². The van der Waals surface area contributed by atoms with Crippen molar-refractivity contribution in [1.82, 2.24) is 4.90 Å². The Balaban J connectivity index is 0.000000640. The van der Waals surface area contributed by atoms with Gasteiger partial charge >= 0.3 is 6.09 Å². The zero-order valence-corrected chi connectivity index (χ0v) is 6.02. The predicted molar refractivity (Wildman–Crippen MR) is 36.1 cm³/mol. The van der Waals surface area contributed by atoms with Crippen LogP contribution in [0.4, 0.5) is 4.79 Å². The highest BCUT2D eigenvalue weighted by molar-refractivity contribution is 5.85. The van der Waals surface area contributed by atoms with Crippen LogP contribution in [0, 0.1) is 0 Å². The maximum atomic E-state index is 10.1. The molecule has 1 aliphatic rings. The van der Waals surface area contributed by atoms with Crippen LogP contribution in [0.2, 0.25) is 0 Å². The highest BCUT2D eigenvalue weighted by Gasteiger charge is 2.28. The van der Waals surface area contributed by atoms with E-state index in [0.717, 1.165) is 12.8 Å². The lowest BCUT2D eigenvalue weighted by atomic mass is 10.6. The number of carboxylic acid groups (broad SMARTS) is 1. The summed E-state index contributed by atoms with van der Waals surface area (Å²) in [7, 11) is 1.61. The Morgan fingerprint density at radius 3 is 2.22 bits per heavy atom. The molecule has 4 heteroatoms. The second kappa shape index (κ2) is 2.92. The van der Waals surface area contributed by atoms with Crippen LogP contribution < -0.4 is 0 Å². The van der Waals surface area contributed by atoms with Gasteiger partial charge in [0, 0.05) is 13.1 Å². The first kappa shape index (κ1) is 8.56. The molecule has 1 N–H and O–H groups in total. The third-order valence-electron chi connectivity index (χ3n) is 1.40. The van der Waals surface area contributed by atoms with E-state index in [4.69, 9.17) is 5.11 Å². The normalized spacial score (nSPS) is 16.1. The minimum atomic E-state index is -0.813. The lowest BCUT2D eigenvalue weighted by molar-refractivity contribution is 0.153. The lowest BCUT2D eigenvalue weighted by Crippen LogP contribution is -2.26. The smallest absolute Gasteiger partial charge is 0.407 e. The van der Waals surface area contributed by atoms with Crippen molar-refractivity contribution >= 4 is 18.5 Å². The topological polar surface area (TPSA) is 40.5 Å². The van der Waals surface area contributed by atoms with E-state index in [1.807, 2.05) is 0 Å². The maximum Gasteiger partial charge on any atom is 0.407 e. The molecule has 1 fully saturated rings. The molecule has 0 unspecified atom stereocenters. The standard InChI is InChI=1S/C5H9NO2.ClH/c1-6(5(7)8)4-2-3-4;/h4H,2-3H2,1H3,(H,7,8);1H. The van der Waals surface area contributed by atoms with Crippen molar-refractivity contribution in [3.63, 3.8) is 0 Å². The first-order chi connectivity index (χ1) is 3.72. The van der Waals surface area contributed by atoms with Crippen LogP contribution in [-0.2, 0) is 0 Å². The monoisotopic (exact) mass is 151 g/mol. The van der Waals surface area contributed by atoms with E-state index in [2.05, 4.69) is 0 Å². The third kappa shape index (κ3) is 2.10. The van der Waals surface area contributed by atoms with E-state index in [-0.39, 0.29) is 12.4 Å². The molecule has 0 bridgehead atoms. The average Bonchev–Trinajstić information content (AvgIpc) is 2.43. The summed E-state index contributed by atoms with van der Waals surface area (Å²) in [5, 5.41) is 8.32. The van der Waals surface area contributed by atoms with Gasteiger partial charge in [0.15, 0.2) is 0 Å². The van der Waals surface area contributed by atoms with Gasteiger partial charge in [-0.1, -0.05) is 0 Å².